The molecule has 5 nitrogen and oxygen atoms in total. The van der Waals surface area contributed by atoms with Gasteiger partial charge in [-0.3, -0.25) is 4.90 Å². The minimum absolute atomic E-state index is 0.168. The summed E-state index contributed by atoms with van der Waals surface area (Å²) >= 11 is 0. The number of aromatic nitrogens is 2. The van der Waals surface area contributed by atoms with Crippen LogP contribution in [0, 0.1) is 6.92 Å². The van der Waals surface area contributed by atoms with Crippen molar-refractivity contribution in [1.29, 1.82) is 0 Å². The molecule has 18 heavy (non-hydrogen) atoms. The number of imidazole rings is 1. The second-order valence-corrected chi connectivity index (χ2v) is 5.47. The van der Waals surface area contributed by atoms with Gasteiger partial charge in [-0.05, 0) is 27.4 Å². The molecule has 5 heteroatoms. The van der Waals surface area contributed by atoms with Crippen LogP contribution in [0.2, 0.25) is 0 Å². The van der Waals surface area contributed by atoms with Gasteiger partial charge in [0.2, 0.25) is 0 Å². The molecule has 0 amide bonds. The van der Waals surface area contributed by atoms with E-state index in [1.165, 1.54) is 0 Å². The number of likely N-dealkylation sites (tertiary alicyclic amines) is 1. The third-order valence-electron chi connectivity index (χ3n) is 3.63. The average Bonchev–Trinajstić information content (AvgIpc) is 2.82. The van der Waals surface area contributed by atoms with Gasteiger partial charge in [0.25, 0.3) is 0 Å². The molecule has 0 bridgehead atoms. The molecule has 1 aromatic rings. The number of rotatable bonds is 5. The summed E-state index contributed by atoms with van der Waals surface area (Å²) in [5, 5.41) is 9.82. The fraction of sp³-hybridized carbons (Fsp3) is 0.769. The lowest BCUT2D eigenvalue weighted by Crippen LogP contribution is -2.39. The van der Waals surface area contributed by atoms with E-state index in [0.29, 0.717) is 6.04 Å². The van der Waals surface area contributed by atoms with Crippen molar-refractivity contribution in [3.8, 4) is 0 Å². The number of hydrogen-bond donors (Lipinski definition) is 1. The zero-order chi connectivity index (χ0) is 13.1. The normalized spacial score (nSPS) is 25.2. The highest BCUT2D eigenvalue weighted by atomic mass is 16.3. The number of nitrogens with zero attached hydrogens (tertiary/aromatic N) is 4. The minimum Gasteiger partial charge on any atom is -0.392 e. The van der Waals surface area contributed by atoms with Crippen LogP contribution in [-0.4, -0.2) is 70.3 Å². The van der Waals surface area contributed by atoms with Gasteiger partial charge in [-0.25, -0.2) is 4.98 Å². The number of aryl methyl sites for hydroxylation is 1. The molecule has 0 spiro atoms. The van der Waals surface area contributed by atoms with Crippen LogP contribution >= 0.6 is 0 Å². The van der Waals surface area contributed by atoms with Crippen molar-refractivity contribution in [2.75, 3.05) is 33.7 Å². The largest absolute Gasteiger partial charge is 0.392 e. The lowest BCUT2D eigenvalue weighted by molar-refractivity contribution is 0.170. The number of aliphatic hydroxyl groups is 1. The monoisotopic (exact) mass is 252 g/mol. The Balaban J connectivity index is 1.89. The molecule has 1 saturated heterocycles. The molecule has 0 aliphatic carbocycles. The molecule has 0 saturated carbocycles. The molecule has 2 unspecified atom stereocenters. The second kappa shape index (κ2) is 5.82. The van der Waals surface area contributed by atoms with Crippen molar-refractivity contribution in [1.82, 2.24) is 19.4 Å². The lowest BCUT2D eigenvalue weighted by atomic mass is 10.2. The van der Waals surface area contributed by atoms with Gasteiger partial charge >= 0.3 is 0 Å². The fourth-order valence-corrected chi connectivity index (χ4v) is 2.72. The summed E-state index contributed by atoms with van der Waals surface area (Å²) < 4.78 is 2.16. The second-order valence-electron chi connectivity index (χ2n) is 5.47. The maximum absolute atomic E-state index is 9.82. The van der Waals surface area contributed by atoms with Gasteiger partial charge in [0.1, 0.15) is 5.82 Å². The Morgan fingerprint density at radius 1 is 1.44 bits per heavy atom. The molecule has 1 aromatic heterocycles. The van der Waals surface area contributed by atoms with Gasteiger partial charge in [0.05, 0.1) is 6.10 Å². The molecule has 1 fully saturated rings. The summed E-state index contributed by atoms with van der Waals surface area (Å²) in [6.45, 7) is 5.76. The highest BCUT2D eigenvalue weighted by Crippen LogP contribution is 2.18. The van der Waals surface area contributed by atoms with Crippen molar-refractivity contribution >= 4 is 0 Å². The van der Waals surface area contributed by atoms with Gasteiger partial charge in [0, 0.05) is 44.6 Å². The van der Waals surface area contributed by atoms with E-state index < -0.39 is 0 Å². The number of β-amino-alcohol motifs (C(OH)–C–C–N with tert-alkyl or cyclic N) is 1. The first-order chi connectivity index (χ1) is 8.56. The summed E-state index contributed by atoms with van der Waals surface area (Å²) in [7, 11) is 4.17. The van der Waals surface area contributed by atoms with E-state index in [1.54, 1.807) is 0 Å². The Bertz CT molecular complexity index is 377. The van der Waals surface area contributed by atoms with E-state index in [1.807, 2.05) is 19.3 Å². The molecule has 1 aliphatic rings. The quantitative estimate of drug-likeness (QED) is 0.812. The van der Waals surface area contributed by atoms with E-state index >= 15 is 0 Å². The third kappa shape index (κ3) is 3.31. The molecule has 0 aromatic carbocycles. The Labute approximate surface area is 109 Å². The molecule has 2 heterocycles. The molecular weight excluding hydrogens is 228 g/mol. The molecule has 102 valence electrons. The number of aliphatic hydroxyl groups excluding tert-OH is 1. The van der Waals surface area contributed by atoms with Crippen LogP contribution in [-0.2, 0) is 6.54 Å². The lowest BCUT2D eigenvalue weighted by Gasteiger charge is -2.26. The van der Waals surface area contributed by atoms with Gasteiger partial charge in [-0.2, -0.15) is 0 Å². The molecular formula is C13H24N4O. The van der Waals surface area contributed by atoms with E-state index in [9.17, 15) is 5.11 Å². The molecule has 2 rings (SSSR count). The highest BCUT2D eigenvalue weighted by molar-refractivity contribution is 4.90. The Kier molecular flexibility index (Phi) is 4.37. The van der Waals surface area contributed by atoms with Crippen LogP contribution in [0.15, 0.2) is 12.4 Å². The predicted octanol–water partition coefficient (Wildman–Crippen LogP) is 0.188. The SMILES string of the molecule is Cc1nccn1CCN1CC(O)CC1CN(C)C. The van der Waals surface area contributed by atoms with Crippen molar-refractivity contribution in [2.24, 2.45) is 0 Å². The van der Waals surface area contributed by atoms with Gasteiger partial charge in [-0.1, -0.05) is 0 Å². The average molecular weight is 252 g/mol. The molecule has 1 aliphatic heterocycles. The van der Waals surface area contributed by atoms with Crippen LogP contribution in [0.3, 0.4) is 0 Å². The maximum Gasteiger partial charge on any atom is 0.105 e. The number of hydrogen-bond acceptors (Lipinski definition) is 4. The standard InChI is InChI=1S/C13H24N4O/c1-11-14-4-5-16(11)6-7-17-10-13(18)8-12(17)9-15(2)3/h4-5,12-13,18H,6-10H2,1-3H3. The van der Waals surface area contributed by atoms with Crippen LogP contribution < -0.4 is 0 Å². The molecule has 0 radical (unpaired) electrons. The zero-order valence-electron chi connectivity index (χ0n) is 11.6. The first-order valence-corrected chi connectivity index (χ1v) is 6.61. The maximum atomic E-state index is 9.82. The van der Waals surface area contributed by atoms with Crippen molar-refractivity contribution < 1.29 is 5.11 Å². The fourth-order valence-electron chi connectivity index (χ4n) is 2.72. The zero-order valence-corrected chi connectivity index (χ0v) is 11.6. The third-order valence-corrected chi connectivity index (χ3v) is 3.63. The Morgan fingerprint density at radius 3 is 2.83 bits per heavy atom. The smallest absolute Gasteiger partial charge is 0.105 e. The Morgan fingerprint density at radius 2 is 2.22 bits per heavy atom. The molecule has 1 N–H and O–H groups in total. The first-order valence-electron chi connectivity index (χ1n) is 6.61. The summed E-state index contributed by atoms with van der Waals surface area (Å²) in [6, 6.07) is 0.471. The summed E-state index contributed by atoms with van der Waals surface area (Å²) in [6.07, 6.45) is 4.58. The highest BCUT2D eigenvalue weighted by Gasteiger charge is 2.30. The van der Waals surface area contributed by atoms with Crippen LogP contribution in [0.5, 0.6) is 0 Å². The van der Waals surface area contributed by atoms with Crippen LogP contribution in [0.4, 0.5) is 0 Å². The Hall–Kier alpha value is -0.910. The summed E-state index contributed by atoms with van der Waals surface area (Å²) in [5.41, 5.74) is 0. The summed E-state index contributed by atoms with van der Waals surface area (Å²) in [5.74, 6) is 1.05. The van der Waals surface area contributed by atoms with Gasteiger partial charge < -0.3 is 14.6 Å². The van der Waals surface area contributed by atoms with E-state index in [4.69, 9.17) is 0 Å². The minimum atomic E-state index is -0.168. The summed E-state index contributed by atoms with van der Waals surface area (Å²) in [4.78, 5) is 8.82. The van der Waals surface area contributed by atoms with Crippen molar-refractivity contribution in [2.45, 2.75) is 32.0 Å². The van der Waals surface area contributed by atoms with Crippen molar-refractivity contribution in [3.63, 3.8) is 0 Å². The van der Waals surface area contributed by atoms with E-state index in [-0.39, 0.29) is 6.10 Å². The molecule has 2 atom stereocenters. The van der Waals surface area contributed by atoms with Crippen molar-refractivity contribution in [3.05, 3.63) is 18.2 Å². The topological polar surface area (TPSA) is 44.5 Å². The van der Waals surface area contributed by atoms with E-state index in [2.05, 4.69) is 33.4 Å². The van der Waals surface area contributed by atoms with Gasteiger partial charge in [-0.15, -0.1) is 0 Å². The first kappa shape index (κ1) is 13.5. The van der Waals surface area contributed by atoms with Crippen LogP contribution in [0.1, 0.15) is 12.2 Å². The van der Waals surface area contributed by atoms with E-state index in [0.717, 1.165) is 38.4 Å². The predicted molar refractivity (Wildman–Crippen MR) is 71.5 cm³/mol. The van der Waals surface area contributed by atoms with Gasteiger partial charge in [0.15, 0.2) is 0 Å². The van der Waals surface area contributed by atoms with Crippen LogP contribution in [0.25, 0.3) is 0 Å². The number of likely N-dealkylation sites (N-methyl/N-ethyl adjacent to an activating group) is 1.